The molecule has 0 atom stereocenters. The average Bonchev–Trinajstić information content (AvgIpc) is 3.08. The number of aromatic nitrogens is 2. The molecule has 140 valence electrons. The highest BCUT2D eigenvalue weighted by molar-refractivity contribution is 6.03. The van der Waals surface area contributed by atoms with Gasteiger partial charge in [-0.25, -0.2) is 0 Å². The number of amides is 1. The number of nitrogens with one attached hydrogen (secondary N) is 1. The van der Waals surface area contributed by atoms with Gasteiger partial charge >= 0.3 is 6.18 Å². The van der Waals surface area contributed by atoms with Crippen molar-refractivity contribution in [2.75, 3.05) is 5.32 Å². The Morgan fingerprint density at radius 2 is 1.81 bits per heavy atom. The monoisotopic (exact) mass is 373 g/mol. The summed E-state index contributed by atoms with van der Waals surface area (Å²) >= 11 is 0. The summed E-state index contributed by atoms with van der Waals surface area (Å²) in [5.41, 5.74) is 1.90. The molecule has 0 aliphatic carbocycles. The summed E-state index contributed by atoms with van der Waals surface area (Å²) in [4.78, 5) is 12.5. The van der Waals surface area contributed by atoms with Gasteiger partial charge in [0, 0.05) is 17.8 Å². The third-order valence-electron chi connectivity index (χ3n) is 4.11. The summed E-state index contributed by atoms with van der Waals surface area (Å²) in [6.45, 7) is 4.17. The Morgan fingerprint density at radius 3 is 2.44 bits per heavy atom. The lowest BCUT2D eigenvalue weighted by atomic mass is 10.1. The third kappa shape index (κ3) is 4.19. The van der Waals surface area contributed by atoms with E-state index in [0.717, 1.165) is 17.7 Å². The summed E-state index contributed by atoms with van der Waals surface area (Å²) in [6, 6.07) is 13.8. The molecule has 3 rings (SSSR count). The fourth-order valence-corrected chi connectivity index (χ4v) is 2.69. The molecule has 0 radical (unpaired) electrons. The largest absolute Gasteiger partial charge is 0.416 e. The van der Waals surface area contributed by atoms with Gasteiger partial charge in [0.05, 0.1) is 11.3 Å². The first-order valence-electron chi connectivity index (χ1n) is 8.41. The molecule has 27 heavy (non-hydrogen) atoms. The number of nitrogens with zero attached hydrogens (tertiary/aromatic N) is 2. The number of halogens is 3. The topological polar surface area (TPSA) is 46.9 Å². The molecule has 0 aliphatic heterocycles. The Bertz CT molecular complexity index is 959. The summed E-state index contributed by atoms with van der Waals surface area (Å²) in [6.07, 6.45) is -4.43. The maximum Gasteiger partial charge on any atom is 0.416 e. The standard InChI is InChI=1S/C20H18F3N3O/c1-3-26-18(14-5-4-6-15(11-14)20(21,22)23)12-17(25-26)19(27)24-16-9-7-13(2)8-10-16/h4-12H,3H2,1-2H3,(H,24,27). The molecule has 4 nitrogen and oxygen atoms in total. The van der Waals surface area contributed by atoms with E-state index in [2.05, 4.69) is 10.4 Å². The normalized spacial score (nSPS) is 11.4. The van der Waals surface area contributed by atoms with Crippen LogP contribution in [0.2, 0.25) is 0 Å². The van der Waals surface area contributed by atoms with E-state index in [4.69, 9.17) is 0 Å². The second kappa shape index (κ2) is 7.26. The van der Waals surface area contributed by atoms with E-state index in [1.165, 1.54) is 16.8 Å². The molecular formula is C20H18F3N3O. The second-order valence-electron chi connectivity index (χ2n) is 6.13. The molecule has 0 unspecified atom stereocenters. The van der Waals surface area contributed by atoms with Gasteiger partial charge in [0.25, 0.3) is 5.91 Å². The van der Waals surface area contributed by atoms with Crippen molar-refractivity contribution < 1.29 is 18.0 Å². The molecular weight excluding hydrogens is 355 g/mol. The van der Waals surface area contributed by atoms with E-state index in [9.17, 15) is 18.0 Å². The SMILES string of the molecule is CCn1nc(C(=O)Nc2ccc(C)cc2)cc1-c1cccc(C(F)(F)F)c1. The minimum atomic E-state index is -4.43. The Kier molecular flexibility index (Phi) is 5.03. The van der Waals surface area contributed by atoms with Crippen LogP contribution in [0.4, 0.5) is 18.9 Å². The summed E-state index contributed by atoms with van der Waals surface area (Å²) in [5, 5.41) is 6.98. The van der Waals surface area contributed by atoms with Crippen molar-refractivity contribution in [3.8, 4) is 11.3 Å². The van der Waals surface area contributed by atoms with Gasteiger partial charge in [0.15, 0.2) is 5.69 Å². The van der Waals surface area contributed by atoms with Crippen molar-refractivity contribution >= 4 is 11.6 Å². The molecule has 0 saturated heterocycles. The summed E-state index contributed by atoms with van der Waals surface area (Å²) in [7, 11) is 0. The number of anilines is 1. The van der Waals surface area contributed by atoms with E-state index in [1.807, 2.05) is 26.0 Å². The molecule has 1 amide bonds. The number of carbonyl (C=O) groups is 1. The Hall–Kier alpha value is -3.09. The predicted octanol–water partition coefficient (Wildman–Crippen LogP) is 5.15. The van der Waals surface area contributed by atoms with Gasteiger partial charge in [-0.15, -0.1) is 0 Å². The number of alkyl halides is 3. The van der Waals surface area contributed by atoms with Crippen molar-refractivity contribution in [2.45, 2.75) is 26.6 Å². The van der Waals surface area contributed by atoms with Gasteiger partial charge in [0.2, 0.25) is 0 Å². The Morgan fingerprint density at radius 1 is 1.11 bits per heavy atom. The van der Waals surface area contributed by atoms with Crippen LogP contribution in [0, 0.1) is 6.92 Å². The van der Waals surface area contributed by atoms with Crippen LogP contribution in [0.1, 0.15) is 28.5 Å². The van der Waals surface area contributed by atoms with E-state index < -0.39 is 17.6 Å². The quantitative estimate of drug-likeness (QED) is 0.688. The van der Waals surface area contributed by atoms with E-state index >= 15 is 0 Å². The molecule has 0 bridgehead atoms. The van der Waals surface area contributed by atoms with Gasteiger partial charge in [0.1, 0.15) is 0 Å². The van der Waals surface area contributed by atoms with Crippen LogP contribution < -0.4 is 5.32 Å². The fourth-order valence-electron chi connectivity index (χ4n) is 2.69. The average molecular weight is 373 g/mol. The van der Waals surface area contributed by atoms with Crippen LogP contribution in [-0.4, -0.2) is 15.7 Å². The molecule has 0 fully saturated rings. The molecule has 0 saturated carbocycles. The van der Waals surface area contributed by atoms with Crippen molar-refractivity contribution in [3.63, 3.8) is 0 Å². The van der Waals surface area contributed by atoms with Crippen LogP contribution in [0.25, 0.3) is 11.3 Å². The maximum absolute atomic E-state index is 13.0. The first-order valence-corrected chi connectivity index (χ1v) is 8.41. The molecule has 0 spiro atoms. The minimum Gasteiger partial charge on any atom is -0.321 e. The summed E-state index contributed by atoms with van der Waals surface area (Å²) in [5.74, 6) is -0.417. The highest BCUT2D eigenvalue weighted by Crippen LogP contribution is 2.32. The van der Waals surface area contributed by atoms with Crippen LogP contribution in [-0.2, 0) is 12.7 Å². The van der Waals surface area contributed by atoms with Gasteiger partial charge in [-0.1, -0.05) is 29.8 Å². The number of aryl methyl sites for hydroxylation is 2. The maximum atomic E-state index is 13.0. The number of hydrogen-bond donors (Lipinski definition) is 1. The predicted molar refractivity (Wildman–Crippen MR) is 97.5 cm³/mol. The zero-order valence-electron chi connectivity index (χ0n) is 14.8. The highest BCUT2D eigenvalue weighted by Gasteiger charge is 2.30. The number of rotatable bonds is 4. The first kappa shape index (κ1) is 18.7. The van der Waals surface area contributed by atoms with Gasteiger partial charge in [-0.05, 0) is 44.2 Å². The molecule has 1 N–H and O–H groups in total. The molecule has 7 heteroatoms. The van der Waals surface area contributed by atoms with Crippen LogP contribution in [0.3, 0.4) is 0 Å². The first-order chi connectivity index (χ1) is 12.8. The lowest BCUT2D eigenvalue weighted by molar-refractivity contribution is -0.137. The smallest absolute Gasteiger partial charge is 0.321 e. The zero-order valence-corrected chi connectivity index (χ0v) is 14.8. The van der Waals surface area contributed by atoms with Crippen molar-refractivity contribution in [2.24, 2.45) is 0 Å². The zero-order chi connectivity index (χ0) is 19.6. The number of benzene rings is 2. The fraction of sp³-hybridized carbons (Fsp3) is 0.200. The van der Waals surface area contributed by atoms with Gasteiger partial charge < -0.3 is 5.32 Å². The number of hydrogen-bond acceptors (Lipinski definition) is 2. The van der Waals surface area contributed by atoms with E-state index in [-0.39, 0.29) is 5.69 Å². The van der Waals surface area contributed by atoms with Crippen molar-refractivity contribution in [1.82, 2.24) is 9.78 Å². The number of carbonyl (C=O) groups excluding carboxylic acids is 1. The molecule has 1 heterocycles. The lowest BCUT2D eigenvalue weighted by Crippen LogP contribution is -2.13. The summed E-state index contributed by atoms with van der Waals surface area (Å²) < 4.78 is 40.5. The van der Waals surface area contributed by atoms with E-state index in [0.29, 0.717) is 23.5 Å². The van der Waals surface area contributed by atoms with Gasteiger partial charge in [-0.3, -0.25) is 9.48 Å². The molecule has 2 aromatic carbocycles. The molecule has 3 aromatic rings. The Labute approximate surface area is 154 Å². The third-order valence-corrected chi connectivity index (χ3v) is 4.11. The molecule has 0 aliphatic rings. The molecule has 1 aromatic heterocycles. The van der Waals surface area contributed by atoms with Crippen LogP contribution in [0.5, 0.6) is 0 Å². The van der Waals surface area contributed by atoms with Crippen molar-refractivity contribution in [3.05, 3.63) is 71.4 Å². The lowest BCUT2D eigenvalue weighted by Gasteiger charge is -2.09. The van der Waals surface area contributed by atoms with Gasteiger partial charge in [-0.2, -0.15) is 18.3 Å². The minimum absolute atomic E-state index is 0.143. The second-order valence-corrected chi connectivity index (χ2v) is 6.13. The Balaban J connectivity index is 1.91. The van der Waals surface area contributed by atoms with E-state index in [1.54, 1.807) is 18.2 Å². The van der Waals surface area contributed by atoms with Crippen LogP contribution >= 0.6 is 0 Å². The van der Waals surface area contributed by atoms with Crippen molar-refractivity contribution in [1.29, 1.82) is 0 Å². The van der Waals surface area contributed by atoms with Crippen LogP contribution in [0.15, 0.2) is 54.6 Å². The highest BCUT2D eigenvalue weighted by atomic mass is 19.4.